The van der Waals surface area contributed by atoms with E-state index < -0.39 is 146 Å². The Morgan fingerprint density at radius 2 is 1.25 bits per heavy atom. The summed E-state index contributed by atoms with van der Waals surface area (Å²) in [5.41, 5.74) is -13.8. The number of aromatic hydroxyl groups is 1. The van der Waals surface area contributed by atoms with E-state index in [1.54, 1.807) is 45.0 Å². The number of para-hydroxylation sites is 1. The van der Waals surface area contributed by atoms with E-state index in [0.717, 1.165) is 4.57 Å². The molecular formula is C67H70N3OPt-. The first-order chi connectivity index (χ1) is 46.7. The van der Waals surface area contributed by atoms with E-state index in [-0.39, 0.29) is 106 Å². The first-order valence-corrected chi connectivity index (χ1v) is 22.6. The molecule has 1 N–H and O–H groups in total. The van der Waals surface area contributed by atoms with Gasteiger partial charge in [0.15, 0.2) is 0 Å². The van der Waals surface area contributed by atoms with Gasteiger partial charge < -0.3 is 5.11 Å². The molecule has 2 aromatic heterocycles. The summed E-state index contributed by atoms with van der Waals surface area (Å²) in [6.07, 6.45) is 1.19. The van der Waals surface area contributed by atoms with Gasteiger partial charge in [-0.2, -0.15) is 0 Å². The molecule has 0 aliphatic rings. The standard InChI is InChI=1S/C67H70N3O.Pt/c1-42(2)52-23-18-19-24-53(52)45-29-27-43(28-30-45)46-33-34-68-58(38-46)48-35-47(36-50(37-48)65(6,7)8)54-25-20-26-60-61(54)69-63(56-40-51(66(9,10)11)41-57(62(56)71)67(12,13)14)70(60)59-32-31-49(64(3,4)5)39-55(59)44-21-16-15-17-22-44;/h15-34,36-42,71H,1-14H3;/q-1;/i1D3,2D3,9D3,10D3,11D3,12D3,13D3,14D3,15D,16D,17D,21D,22D,33D,38D,42D;. The molecule has 0 aliphatic heterocycles. The molecule has 5 heteroatoms. The van der Waals surface area contributed by atoms with Crippen molar-refractivity contribution < 1.29 is 70.0 Å². The molecule has 0 unspecified atom stereocenters. The molecular weight excluding hydrogens is 1060 g/mol. The van der Waals surface area contributed by atoms with Crippen LogP contribution in [0.4, 0.5) is 0 Å². The Hall–Kier alpha value is -6.35. The van der Waals surface area contributed by atoms with Gasteiger partial charge in [0, 0.05) is 78.4 Å². The Bertz CT molecular complexity index is 4710. The molecule has 7 aromatic carbocycles. The molecule has 2 heterocycles. The summed E-state index contributed by atoms with van der Waals surface area (Å²) < 4.78 is 282. The minimum Gasteiger partial charge on any atom is -0.507 e. The van der Waals surface area contributed by atoms with Gasteiger partial charge in [0.2, 0.25) is 0 Å². The number of phenolic OH excluding ortho intramolecular Hbond substituents is 1. The van der Waals surface area contributed by atoms with Crippen molar-refractivity contribution in [3.63, 3.8) is 0 Å². The number of nitrogens with zero attached hydrogens (tertiary/aromatic N) is 3. The molecule has 9 aromatic rings. The molecule has 0 bridgehead atoms. The van der Waals surface area contributed by atoms with Crippen LogP contribution in [-0.2, 0) is 42.7 Å². The van der Waals surface area contributed by atoms with Crippen molar-refractivity contribution in [3.8, 4) is 78.6 Å². The van der Waals surface area contributed by atoms with Gasteiger partial charge in [0.25, 0.3) is 0 Å². The summed E-state index contributed by atoms with van der Waals surface area (Å²) in [6, 6.07) is 23.6. The number of phenols is 1. The summed E-state index contributed by atoms with van der Waals surface area (Å²) in [5, 5.41) is 13.2. The maximum Gasteiger partial charge on any atom is 0.148 e. The first-order valence-electron chi connectivity index (χ1n) is 38.6. The van der Waals surface area contributed by atoms with E-state index in [0.29, 0.717) is 22.8 Å². The van der Waals surface area contributed by atoms with E-state index in [9.17, 15) is 9.22 Å². The van der Waals surface area contributed by atoms with Gasteiger partial charge in [0.1, 0.15) is 11.6 Å². The fraction of sp³-hybridized carbons (Fsp3) is 0.284. The summed E-state index contributed by atoms with van der Waals surface area (Å²) in [7, 11) is 0. The summed E-state index contributed by atoms with van der Waals surface area (Å²) in [6.45, 7) is -21.3. The molecule has 0 radical (unpaired) electrons. The van der Waals surface area contributed by atoms with Gasteiger partial charge in [0.05, 0.1) is 31.9 Å². The Morgan fingerprint density at radius 1 is 0.597 bits per heavy atom. The smallest absolute Gasteiger partial charge is 0.148 e. The first kappa shape index (κ1) is 25.1. The molecule has 0 aliphatic carbocycles. The molecule has 0 fully saturated rings. The average molecular weight is 1160 g/mol. The number of aromatic nitrogens is 3. The van der Waals surface area contributed by atoms with Gasteiger partial charge in [-0.3, -0.25) is 9.55 Å². The van der Waals surface area contributed by atoms with Crippen LogP contribution in [0.15, 0.2) is 158 Å². The molecule has 4 nitrogen and oxygen atoms in total. The molecule has 0 amide bonds. The Kier molecular flexibility index (Phi) is 6.81. The number of rotatable bonds is 8. The molecule has 9 rings (SSSR count). The number of benzene rings is 7. The molecule has 72 heavy (non-hydrogen) atoms. The van der Waals surface area contributed by atoms with Crippen molar-refractivity contribution in [1.29, 1.82) is 0 Å². The third-order valence-electron chi connectivity index (χ3n) is 12.4. The summed E-state index contributed by atoms with van der Waals surface area (Å²) in [4.78, 5) is 9.64. The zero-order valence-corrected chi connectivity index (χ0v) is 42.3. The van der Waals surface area contributed by atoms with Crippen LogP contribution < -0.4 is 0 Å². The zero-order chi connectivity index (χ0) is 77.8. The van der Waals surface area contributed by atoms with Crippen LogP contribution in [0.5, 0.6) is 5.75 Å². The SMILES string of the molecule is [2H]c1cnc(-c2[c-]c(-c3cccc4c3nc(-c3cc(C(C([2H])([2H])[2H])(C([2H])([2H])[2H])C([2H])([2H])[2H])cc(C(C([2H])([2H])[2H])(C([2H])([2H])[2H])C([2H])([2H])[2H])c3O)n4-c3ccc(C(C)(C)C)cc3-c3c([2H])c([2H])c([2H])c([2H])c3[2H])cc(C(C)(C)C)c2)c([2H])c1-c1ccc(-c2ccccc2C([2H])(C([2H])([2H])[2H])C([2H])([2H])[2H])cc1.[Pt]. The molecule has 0 saturated carbocycles. The van der Waals surface area contributed by atoms with Gasteiger partial charge in [-0.25, -0.2) is 4.98 Å². The molecule has 0 spiro atoms. The predicted octanol–water partition coefficient (Wildman–Crippen LogP) is 18.2. The Morgan fingerprint density at radius 3 is 1.94 bits per heavy atom. The van der Waals surface area contributed by atoms with Crippen molar-refractivity contribution in [1.82, 2.24) is 14.5 Å². The number of imidazole rings is 1. The van der Waals surface area contributed by atoms with Crippen LogP contribution in [0.1, 0.15) is 174 Å². The second kappa shape index (κ2) is 19.6. The van der Waals surface area contributed by atoms with Crippen molar-refractivity contribution in [2.75, 3.05) is 0 Å². The minimum absolute atomic E-state index is 0. The van der Waals surface area contributed by atoms with E-state index in [2.05, 4.69) is 11.1 Å². The fourth-order valence-electron chi connectivity index (χ4n) is 8.52. The van der Waals surface area contributed by atoms with E-state index >= 15 is 0 Å². The van der Waals surface area contributed by atoms with Crippen LogP contribution in [0.25, 0.3) is 83.9 Å². The van der Waals surface area contributed by atoms with Crippen LogP contribution in [0.3, 0.4) is 0 Å². The number of fused-ring (bicyclic) bond motifs is 1. The second-order valence-electron chi connectivity index (χ2n) is 19.5. The zero-order valence-electron chi connectivity index (χ0n) is 72.1. The van der Waals surface area contributed by atoms with Crippen molar-refractivity contribution in [2.45, 2.75) is 124 Å². The van der Waals surface area contributed by atoms with E-state index in [4.69, 9.17) is 44.7 Å². The topological polar surface area (TPSA) is 50.9 Å². The third kappa shape index (κ3) is 10.3. The van der Waals surface area contributed by atoms with Crippen molar-refractivity contribution in [2.24, 2.45) is 0 Å². The van der Waals surface area contributed by atoms with Gasteiger partial charge >= 0.3 is 0 Å². The van der Waals surface area contributed by atoms with E-state index in [1.165, 1.54) is 79.0 Å². The van der Waals surface area contributed by atoms with Crippen LogP contribution in [0, 0.1) is 6.07 Å². The van der Waals surface area contributed by atoms with Gasteiger partial charge in [-0.15, -0.1) is 29.3 Å². The molecule has 370 valence electrons. The molecule has 0 saturated heterocycles. The number of pyridine rings is 1. The average Bonchev–Trinajstić information content (AvgIpc) is 0.900. The van der Waals surface area contributed by atoms with Crippen LogP contribution in [-0.4, -0.2) is 19.6 Å². The maximum absolute atomic E-state index is 13.2. The summed E-state index contributed by atoms with van der Waals surface area (Å²) >= 11 is 0. The molecule has 0 atom stereocenters. The maximum atomic E-state index is 13.2. The fourth-order valence-corrected chi connectivity index (χ4v) is 8.52. The monoisotopic (exact) mass is 1160 g/mol. The minimum atomic E-state index is -4.35. The quantitative estimate of drug-likeness (QED) is 0.154. The van der Waals surface area contributed by atoms with Gasteiger partial charge in [-0.05, 0) is 102 Å². The van der Waals surface area contributed by atoms with Crippen molar-refractivity contribution >= 4 is 11.0 Å². The second-order valence-corrected chi connectivity index (χ2v) is 19.5. The third-order valence-corrected chi connectivity index (χ3v) is 12.4. The Balaban J connectivity index is 0.0000137. The largest absolute Gasteiger partial charge is 0.507 e. The van der Waals surface area contributed by atoms with Crippen molar-refractivity contribution in [3.05, 3.63) is 192 Å². The van der Waals surface area contributed by atoms with Crippen LogP contribution in [0.2, 0.25) is 0 Å². The van der Waals surface area contributed by atoms with Gasteiger partial charge in [-0.1, -0.05) is 217 Å². The Labute approximate surface area is 488 Å². The number of hydrogen-bond acceptors (Lipinski definition) is 3. The number of hydrogen-bond donors (Lipinski definition) is 1. The predicted molar refractivity (Wildman–Crippen MR) is 301 cm³/mol. The normalized spacial score (nSPS) is 20.4. The summed E-state index contributed by atoms with van der Waals surface area (Å²) in [5.74, 6) is -5.43. The van der Waals surface area contributed by atoms with Crippen LogP contribution >= 0.6 is 0 Å². The van der Waals surface area contributed by atoms with E-state index in [1.807, 2.05) is 20.8 Å².